The lowest BCUT2D eigenvalue weighted by Gasteiger charge is -2.06. The van der Waals surface area contributed by atoms with Crippen molar-refractivity contribution in [2.75, 3.05) is 5.75 Å². The molecule has 126 valence electrons. The van der Waals surface area contributed by atoms with E-state index in [1.54, 1.807) is 24.3 Å². The van der Waals surface area contributed by atoms with E-state index in [0.29, 0.717) is 22.2 Å². The molecule has 0 saturated heterocycles. The molecule has 0 aliphatic carbocycles. The second-order valence-corrected chi connectivity index (χ2v) is 7.19. The molecular formula is C20H17ClN2OS. The highest BCUT2D eigenvalue weighted by molar-refractivity contribution is 7.99. The van der Waals surface area contributed by atoms with Crippen molar-refractivity contribution in [3.63, 3.8) is 0 Å². The fourth-order valence-corrected chi connectivity index (χ4v) is 3.28. The summed E-state index contributed by atoms with van der Waals surface area (Å²) in [5.74, 6) is 1.06. The van der Waals surface area contributed by atoms with Crippen molar-refractivity contribution < 1.29 is 4.79 Å². The molecule has 0 unspecified atom stereocenters. The Morgan fingerprint density at radius 1 is 1.00 bits per heavy atom. The molecule has 0 N–H and O–H groups in total. The topological polar surface area (TPSA) is 42.9 Å². The minimum absolute atomic E-state index is 0.0508. The van der Waals surface area contributed by atoms with Gasteiger partial charge in [0.2, 0.25) is 0 Å². The molecule has 0 fully saturated rings. The van der Waals surface area contributed by atoms with E-state index in [1.165, 1.54) is 17.3 Å². The SMILES string of the molecule is Cc1ccc(-c2nc(C)cc(SCC(=O)c3ccc(Cl)cc3)n2)cc1. The van der Waals surface area contributed by atoms with E-state index in [-0.39, 0.29) is 5.78 Å². The van der Waals surface area contributed by atoms with Crippen LogP contribution in [0.2, 0.25) is 5.02 Å². The Morgan fingerprint density at radius 3 is 2.36 bits per heavy atom. The summed E-state index contributed by atoms with van der Waals surface area (Å²) in [6, 6.07) is 16.9. The molecule has 0 spiro atoms. The number of nitrogens with zero attached hydrogens (tertiary/aromatic N) is 2. The number of thioether (sulfide) groups is 1. The summed E-state index contributed by atoms with van der Waals surface area (Å²) in [7, 11) is 0. The van der Waals surface area contributed by atoms with Crippen LogP contribution >= 0.6 is 23.4 Å². The largest absolute Gasteiger partial charge is 0.293 e. The van der Waals surface area contributed by atoms with Crippen molar-refractivity contribution in [1.29, 1.82) is 0 Å². The summed E-state index contributed by atoms with van der Waals surface area (Å²) < 4.78 is 0. The van der Waals surface area contributed by atoms with Crippen LogP contribution in [0.15, 0.2) is 59.6 Å². The maximum absolute atomic E-state index is 12.3. The minimum atomic E-state index is 0.0508. The second kappa shape index (κ2) is 7.81. The Morgan fingerprint density at radius 2 is 1.68 bits per heavy atom. The normalized spacial score (nSPS) is 10.7. The van der Waals surface area contributed by atoms with Crippen LogP contribution < -0.4 is 0 Å². The number of carbonyl (C=O) groups is 1. The van der Waals surface area contributed by atoms with Gasteiger partial charge in [-0.15, -0.1) is 0 Å². The van der Waals surface area contributed by atoms with Crippen molar-refractivity contribution in [1.82, 2.24) is 9.97 Å². The average Bonchev–Trinajstić information content (AvgIpc) is 2.60. The molecule has 3 aromatic rings. The summed E-state index contributed by atoms with van der Waals surface area (Å²) in [5.41, 5.74) is 3.70. The number of aromatic nitrogens is 2. The van der Waals surface area contributed by atoms with Gasteiger partial charge in [0.15, 0.2) is 11.6 Å². The first-order valence-electron chi connectivity index (χ1n) is 7.85. The smallest absolute Gasteiger partial charge is 0.173 e. The molecule has 1 aromatic heterocycles. The third-order valence-electron chi connectivity index (χ3n) is 3.66. The quantitative estimate of drug-likeness (QED) is 0.344. The van der Waals surface area contributed by atoms with Crippen LogP contribution in [-0.2, 0) is 0 Å². The van der Waals surface area contributed by atoms with Gasteiger partial charge in [0.25, 0.3) is 0 Å². The maximum Gasteiger partial charge on any atom is 0.173 e. The fraction of sp³-hybridized carbons (Fsp3) is 0.150. The summed E-state index contributed by atoms with van der Waals surface area (Å²) in [6.45, 7) is 3.98. The minimum Gasteiger partial charge on any atom is -0.293 e. The van der Waals surface area contributed by atoms with E-state index < -0.39 is 0 Å². The molecule has 3 nitrogen and oxygen atoms in total. The first-order valence-corrected chi connectivity index (χ1v) is 9.22. The standard InChI is InChI=1S/C20H17ClN2OS/c1-13-3-5-16(6-4-13)20-22-14(2)11-19(23-20)25-12-18(24)15-7-9-17(21)10-8-15/h3-11H,12H2,1-2H3. The van der Waals surface area contributed by atoms with Crippen molar-refractivity contribution >= 4 is 29.1 Å². The van der Waals surface area contributed by atoms with Gasteiger partial charge in [-0.05, 0) is 44.2 Å². The zero-order valence-corrected chi connectivity index (χ0v) is 15.6. The molecule has 25 heavy (non-hydrogen) atoms. The number of aryl methyl sites for hydroxylation is 2. The Labute approximate surface area is 156 Å². The van der Waals surface area contributed by atoms with Crippen LogP contribution in [0.1, 0.15) is 21.6 Å². The lowest BCUT2D eigenvalue weighted by atomic mass is 10.1. The van der Waals surface area contributed by atoms with Gasteiger partial charge in [0, 0.05) is 21.8 Å². The maximum atomic E-state index is 12.3. The molecular weight excluding hydrogens is 352 g/mol. The summed E-state index contributed by atoms with van der Waals surface area (Å²) in [5, 5.41) is 1.42. The van der Waals surface area contributed by atoms with E-state index in [0.717, 1.165) is 16.3 Å². The van der Waals surface area contributed by atoms with Gasteiger partial charge in [0.1, 0.15) is 5.03 Å². The summed E-state index contributed by atoms with van der Waals surface area (Å²) >= 11 is 7.28. The number of rotatable bonds is 5. The van der Waals surface area contributed by atoms with Crippen molar-refractivity contribution in [3.8, 4) is 11.4 Å². The molecule has 3 rings (SSSR count). The Kier molecular flexibility index (Phi) is 5.51. The van der Waals surface area contributed by atoms with Gasteiger partial charge in [-0.1, -0.05) is 53.2 Å². The van der Waals surface area contributed by atoms with Gasteiger partial charge in [-0.25, -0.2) is 9.97 Å². The molecule has 0 amide bonds. The molecule has 0 radical (unpaired) electrons. The van der Waals surface area contributed by atoms with E-state index >= 15 is 0 Å². The number of carbonyl (C=O) groups excluding carboxylic acids is 1. The Bertz CT molecular complexity index is 893. The first kappa shape index (κ1) is 17.6. The van der Waals surface area contributed by atoms with Gasteiger partial charge in [-0.3, -0.25) is 4.79 Å². The van der Waals surface area contributed by atoms with Gasteiger partial charge in [-0.2, -0.15) is 0 Å². The van der Waals surface area contributed by atoms with Crippen molar-refractivity contribution in [2.45, 2.75) is 18.9 Å². The van der Waals surface area contributed by atoms with E-state index in [9.17, 15) is 4.79 Å². The fourth-order valence-electron chi connectivity index (χ4n) is 2.30. The zero-order chi connectivity index (χ0) is 17.8. The predicted molar refractivity (Wildman–Crippen MR) is 103 cm³/mol. The van der Waals surface area contributed by atoms with Crippen molar-refractivity contribution in [3.05, 3.63) is 76.4 Å². The highest BCUT2D eigenvalue weighted by Gasteiger charge is 2.10. The van der Waals surface area contributed by atoms with E-state index in [4.69, 9.17) is 11.6 Å². The van der Waals surface area contributed by atoms with Gasteiger partial charge in [0.05, 0.1) is 5.75 Å². The lowest BCUT2D eigenvalue weighted by Crippen LogP contribution is -2.03. The highest BCUT2D eigenvalue weighted by atomic mass is 35.5. The molecule has 0 aliphatic heterocycles. The van der Waals surface area contributed by atoms with Crippen molar-refractivity contribution in [2.24, 2.45) is 0 Å². The molecule has 0 bridgehead atoms. The van der Waals surface area contributed by atoms with Crippen LogP contribution in [0.3, 0.4) is 0 Å². The number of ketones is 1. The van der Waals surface area contributed by atoms with Crippen LogP contribution in [0.5, 0.6) is 0 Å². The lowest BCUT2D eigenvalue weighted by molar-refractivity contribution is 0.102. The van der Waals surface area contributed by atoms with Crippen LogP contribution in [-0.4, -0.2) is 21.5 Å². The molecule has 5 heteroatoms. The van der Waals surface area contributed by atoms with Crippen LogP contribution in [0.4, 0.5) is 0 Å². The van der Waals surface area contributed by atoms with Crippen LogP contribution in [0.25, 0.3) is 11.4 Å². The number of benzene rings is 2. The Balaban J connectivity index is 1.75. The molecule has 1 heterocycles. The average molecular weight is 369 g/mol. The van der Waals surface area contributed by atoms with E-state index in [1.807, 2.05) is 44.2 Å². The highest BCUT2D eigenvalue weighted by Crippen LogP contribution is 2.23. The third kappa shape index (κ3) is 4.68. The number of Topliss-reactive ketones (excluding diaryl/α,β-unsaturated/α-hetero) is 1. The van der Waals surface area contributed by atoms with Gasteiger partial charge >= 0.3 is 0 Å². The zero-order valence-electron chi connectivity index (χ0n) is 14.0. The molecule has 0 atom stereocenters. The molecule has 2 aromatic carbocycles. The van der Waals surface area contributed by atoms with E-state index in [2.05, 4.69) is 9.97 Å². The summed E-state index contributed by atoms with van der Waals surface area (Å²) in [6.07, 6.45) is 0. The first-order chi connectivity index (χ1) is 12.0. The number of halogens is 1. The van der Waals surface area contributed by atoms with Gasteiger partial charge < -0.3 is 0 Å². The molecule has 0 saturated carbocycles. The number of hydrogen-bond acceptors (Lipinski definition) is 4. The second-order valence-electron chi connectivity index (χ2n) is 5.76. The predicted octanol–water partition coefficient (Wildman–Crippen LogP) is 5.39. The number of hydrogen-bond donors (Lipinski definition) is 0. The summed E-state index contributed by atoms with van der Waals surface area (Å²) in [4.78, 5) is 21.4. The molecule has 0 aliphatic rings. The Hall–Kier alpha value is -2.17. The van der Waals surface area contributed by atoms with Crippen LogP contribution in [0, 0.1) is 13.8 Å². The monoisotopic (exact) mass is 368 g/mol. The third-order valence-corrected chi connectivity index (χ3v) is 4.82.